The van der Waals surface area contributed by atoms with Crippen LogP contribution in [-0.4, -0.2) is 41.2 Å². The second-order valence-corrected chi connectivity index (χ2v) is 4.02. The van der Waals surface area contributed by atoms with E-state index in [1.165, 1.54) is 0 Å². The average Bonchev–Trinajstić information content (AvgIpc) is 2.16. The van der Waals surface area contributed by atoms with Crippen molar-refractivity contribution in [2.75, 3.05) is 13.1 Å². The van der Waals surface area contributed by atoms with Gasteiger partial charge in [0.25, 0.3) is 0 Å². The molecule has 0 aliphatic carbocycles. The number of carbonyl (C=O) groups excluding carboxylic acids is 2. The highest BCUT2D eigenvalue weighted by Crippen LogP contribution is 2.12. The fourth-order valence-electron chi connectivity index (χ4n) is 1.61. The molecule has 0 radical (unpaired) electrons. The second kappa shape index (κ2) is 4.64. The molecule has 2 amide bonds. The van der Waals surface area contributed by atoms with Gasteiger partial charge in [-0.3, -0.25) is 9.59 Å². The maximum Gasteiger partial charge on any atom is 0.242 e. The lowest BCUT2D eigenvalue weighted by Gasteiger charge is -2.35. The molecule has 1 N–H and O–H groups in total. The molecule has 1 fully saturated rings. The minimum absolute atomic E-state index is 0.0792. The Morgan fingerprint density at radius 2 is 2.43 bits per heavy atom. The standard InChI is InChI=1S/C9H15ClN2O2/c1-3-7-8(13)11-4-5-12(7)9(14)6(2)10/h6-7H,3-5H2,1-2H3,(H,11,13). The molecule has 1 saturated heterocycles. The lowest BCUT2D eigenvalue weighted by molar-refractivity contribution is -0.142. The zero-order valence-electron chi connectivity index (χ0n) is 8.42. The number of alkyl halides is 1. The molecule has 1 aliphatic rings. The van der Waals surface area contributed by atoms with E-state index in [2.05, 4.69) is 5.32 Å². The van der Waals surface area contributed by atoms with Crippen molar-refractivity contribution in [1.29, 1.82) is 0 Å². The van der Waals surface area contributed by atoms with Crippen LogP contribution >= 0.6 is 11.6 Å². The van der Waals surface area contributed by atoms with E-state index in [9.17, 15) is 9.59 Å². The van der Waals surface area contributed by atoms with Crippen molar-refractivity contribution >= 4 is 23.4 Å². The van der Waals surface area contributed by atoms with Gasteiger partial charge in [-0.05, 0) is 13.3 Å². The number of hydrogen-bond acceptors (Lipinski definition) is 2. The van der Waals surface area contributed by atoms with Gasteiger partial charge in [0.2, 0.25) is 11.8 Å². The number of rotatable bonds is 2. The maximum absolute atomic E-state index is 11.6. The Hall–Kier alpha value is -0.770. The summed E-state index contributed by atoms with van der Waals surface area (Å²) in [5.74, 6) is -0.238. The van der Waals surface area contributed by atoms with E-state index in [-0.39, 0.29) is 17.9 Å². The molecule has 0 saturated carbocycles. The minimum Gasteiger partial charge on any atom is -0.353 e. The third-order valence-electron chi connectivity index (χ3n) is 2.34. The monoisotopic (exact) mass is 218 g/mol. The van der Waals surface area contributed by atoms with Crippen LogP contribution in [0.3, 0.4) is 0 Å². The summed E-state index contributed by atoms with van der Waals surface area (Å²) >= 11 is 5.71. The summed E-state index contributed by atoms with van der Waals surface area (Å²) in [6, 6.07) is -0.350. The first-order valence-corrected chi connectivity index (χ1v) is 5.23. The van der Waals surface area contributed by atoms with E-state index >= 15 is 0 Å². The van der Waals surface area contributed by atoms with E-state index in [4.69, 9.17) is 11.6 Å². The van der Waals surface area contributed by atoms with Gasteiger partial charge in [0, 0.05) is 13.1 Å². The Morgan fingerprint density at radius 1 is 1.79 bits per heavy atom. The molecular formula is C9H15ClN2O2. The van der Waals surface area contributed by atoms with Crippen LogP contribution in [-0.2, 0) is 9.59 Å². The predicted molar refractivity (Wildman–Crippen MR) is 54.1 cm³/mol. The van der Waals surface area contributed by atoms with Crippen molar-refractivity contribution in [2.24, 2.45) is 0 Å². The van der Waals surface area contributed by atoms with Gasteiger partial charge >= 0.3 is 0 Å². The van der Waals surface area contributed by atoms with Gasteiger partial charge in [-0.2, -0.15) is 0 Å². The van der Waals surface area contributed by atoms with Crippen LogP contribution in [0.25, 0.3) is 0 Å². The first-order valence-electron chi connectivity index (χ1n) is 4.80. The molecule has 2 unspecified atom stereocenters. The van der Waals surface area contributed by atoms with Gasteiger partial charge in [-0.1, -0.05) is 6.92 Å². The van der Waals surface area contributed by atoms with Crippen molar-refractivity contribution in [2.45, 2.75) is 31.7 Å². The van der Waals surface area contributed by atoms with Crippen molar-refractivity contribution < 1.29 is 9.59 Å². The van der Waals surface area contributed by atoms with Crippen LogP contribution in [0.2, 0.25) is 0 Å². The first kappa shape index (κ1) is 11.3. The molecule has 0 bridgehead atoms. The molecule has 0 aromatic rings. The van der Waals surface area contributed by atoms with E-state index in [0.717, 1.165) is 0 Å². The smallest absolute Gasteiger partial charge is 0.242 e. The third kappa shape index (κ3) is 2.18. The van der Waals surface area contributed by atoms with Gasteiger partial charge in [0.05, 0.1) is 0 Å². The summed E-state index contributed by atoms with van der Waals surface area (Å²) in [6.45, 7) is 4.59. The molecule has 5 heteroatoms. The number of nitrogens with zero attached hydrogens (tertiary/aromatic N) is 1. The van der Waals surface area contributed by atoms with Crippen LogP contribution < -0.4 is 5.32 Å². The number of hydrogen-bond donors (Lipinski definition) is 1. The average molecular weight is 219 g/mol. The molecule has 0 aromatic heterocycles. The Bertz CT molecular complexity index is 243. The first-order chi connectivity index (χ1) is 6.57. The van der Waals surface area contributed by atoms with Gasteiger partial charge < -0.3 is 10.2 Å². The largest absolute Gasteiger partial charge is 0.353 e. The lowest BCUT2D eigenvalue weighted by atomic mass is 10.1. The fourth-order valence-corrected chi connectivity index (χ4v) is 1.74. The summed E-state index contributed by atoms with van der Waals surface area (Å²) in [4.78, 5) is 24.6. The SMILES string of the molecule is CCC1C(=O)NCCN1C(=O)C(C)Cl. The van der Waals surface area contributed by atoms with Crippen molar-refractivity contribution in [1.82, 2.24) is 10.2 Å². The molecule has 0 aromatic carbocycles. The molecule has 1 heterocycles. The number of nitrogens with one attached hydrogen (secondary N) is 1. The highest BCUT2D eigenvalue weighted by atomic mass is 35.5. The van der Waals surface area contributed by atoms with E-state index in [0.29, 0.717) is 19.5 Å². The summed E-state index contributed by atoms with van der Waals surface area (Å²) in [5, 5.41) is 2.17. The maximum atomic E-state index is 11.6. The number of carbonyl (C=O) groups is 2. The third-order valence-corrected chi connectivity index (χ3v) is 2.53. The lowest BCUT2D eigenvalue weighted by Crippen LogP contribution is -2.58. The fraction of sp³-hybridized carbons (Fsp3) is 0.778. The van der Waals surface area contributed by atoms with E-state index in [1.807, 2.05) is 6.92 Å². The number of halogens is 1. The van der Waals surface area contributed by atoms with Gasteiger partial charge in [0.15, 0.2) is 0 Å². The van der Waals surface area contributed by atoms with Crippen molar-refractivity contribution in [3.8, 4) is 0 Å². The normalized spacial score (nSPS) is 24.4. The van der Waals surface area contributed by atoms with Crippen LogP contribution in [0.15, 0.2) is 0 Å². The van der Waals surface area contributed by atoms with Gasteiger partial charge in [0.1, 0.15) is 11.4 Å². The van der Waals surface area contributed by atoms with Gasteiger partial charge in [-0.15, -0.1) is 11.6 Å². The molecule has 80 valence electrons. The number of piperazine rings is 1. The van der Waals surface area contributed by atoms with Crippen molar-refractivity contribution in [3.63, 3.8) is 0 Å². The topological polar surface area (TPSA) is 49.4 Å². The van der Waals surface area contributed by atoms with Crippen LogP contribution in [0.1, 0.15) is 20.3 Å². The van der Waals surface area contributed by atoms with Crippen LogP contribution in [0, 0.1) is 0 Å². The van der Waals surface area contributed by atoms with Crippen LogP contribution in [0.4, 0.5) is 0 Å². The predicted octanol–water partition coefficient (Wildman–Crippen LogP) is 0.351. The molecule has 0 spiro atoms. The zero-order chi connectivity index (χ0) is 10.7. The summed E-state index contributed by atoms with van der Waals surface area (Å²) in [6.07, 6.45) is 0.626. The van der Waals surface area contributed by atoms with Crippen LogP contribution in [0.5, 0.6) is 0 Å². The summed E-state index contributed by atoms with van der Waals surface area (Å²) < 4.78 is 0. The molecule has 14 heavy (non-hydrogen) atoms. The van der Waals surface area contributed by atoms with E-state index < -0.39 is 5.38 Å². The molecular weight excluding hydrogens is 204 g/mol. The van der Waals surface area contributed by atoms with Crippen molar-refractivity contribution in [3.05, 3.63) is 0 Å². The Kier molecular flexibility index (Phi) is 3.75. The molecule has 2 atom stereocenters. The Balaban J connectivity index is 2.74. The molecule has 1 aliphatic heterocycles. The quantitative estimate of drug-likeness (QED) is 0.680. The zero-order valence-corrected chi connectivity index (χ0v) is 9.17. The summed E-state index contributed by atoms with van der Waals surface area (Å²) in [5.41, 5.74) is 0. The van der Waals surface area contributed by atoms with E-state index in [1.54, 1.807) is 11.8 Å². The second-order valence-electron chi connectivity index (χ2n) is 3.36. The number of amides is 2. The Morgan fingerprint density at radius 3 is 2.93 bits per heavy atom. The molecule has 4 nitrogen and oxygen atoms in total. The highest BCUT2D eigenvalue weighted by molar-refractivity contribution is 6.30. The minimum atomic E-state index is -0.560. The highest BCUT2D eigenvalue weighted by Gasteiger charge is 2.32. The van der Waals surface area contributed by atoms with Gasteiger partial charge in [-0.25, -0.2) is 0 Å². The summed E-state index contributed by atoms with van der Waals surface area (Å²) in [7, 11) is 0. The molecule has 1 rings (SSSR count). The Labute approximate surface area is 88.6 Å².